The van der Waals surface area contributed by atoms with Crippen molar-refractivity contribution >= 4 is 22.5 Å². The topological polar surface area (TPSA) is 59.0 Å². The van der Waals surface area contributed by atoms with E-state index in [9.17, 15) is 4.79 Å². The van der Waals surface area contributed by atoms with E-state index in [0.717, 1.165) is 27.7 Å². The molecule has 0 spiro atoms. The highest BCUT2D eigenvalue weighted by atomic mass is 16.2. The summed E-state index contributed by atoms with van der Waals surface area (Å²) >= 11 is 0. The molecule has 5 nitrogen and oxygen atoms in total. The van der Waals surface area contributed by atoms with Crippen LogP contribution in [0.5, 0.6) is 0 Å². The zero-order valence-electron chi connectivity index (χ0n) is 14.1. The van der Waals surface area contributed by atoms with E-state index in [4.69, 9.17) is 0 Å². The number of carbonyl (C=O) groups excluding carboxylic acids is 1. The fourth-order valence-electron chi connectivity index (χ4n) is 2.80. The van der Waals surface area contributed by atoms with Gasteiger partial charge in [-0.25, -0.2) is 9.48 Å². The Kier molecular flexibility index (Phi) is 4.35. The molecular weight excluding hydrogens is 324 g/mol. The number of aromatic nitrogens is 2. The minimum Gasteiger partial charge on any atom is -0.334 e. The Hall–Kier alpha value is -3.60. The summed E-state index contributed by atoms with van der Waals surface area (Å²) in [5, 5.41) is 12.3. The molecule has 0 saturated carbocycles. The molecule has 0 bridgehead atoms. The van der Waals surface area contributed by atoms with Crippen LogP contribution in [0.1, 0.15) is 5.56 Å². The van der Waals surface area contributed by atoms with Crippen molar-refractivity contribution < 1.29 is 4.79 Å². The number of anilines is 1. The van der Waals surface area contributed by atoms with Crippen LogP contribution >= 0.6 is 0 Å². The Balaban J connectivity index is 1.37. The first-order valence-corrected chi connectivity index (χ1v) is 8.40. The third-order valence-corrected chi connectivity index (χ3v) is 4.12. The summed E-state index contributed by atoms with van der Waals surface area (Å²) in [4.78, 5) is 12.1. The molecule has 128 valence electrons. The average Bonchev–Trinajstić information content (AvgIpc) is 3.16. The van der Waals surface area contributed by atoms with Crippen molar-refractivity contribution in [2.45, 2.75) is 6.54 Å². The largest absolute Gasteiger partial charge is 0.334 e. The number of nitrogens with one attached hydrogen (secondary N) is 2. The van der Waals surface area contributed by atoms with Gasteiger partial charge in [-0.15, -0.1) is 0 Å². The maximum Gasteiger partial charge on any atom is 0.319 e. The highest BCUT2D eigenvalue weighted by Gasteiger charge is 2.05. The molecule has 5 heteroatoms. The zero-order chi connectivity index (χ0) is 17.8. The summed E-state index contributed by atoms with van der Waals surface area (Å²) in [6, 6.07) is 23.5. The van der Waals surface area contributed by atoms with Crippen molar-refractivity contribution in [2.24, 2.45) is 0 Å². The predicted octanol–water partition coefficient (Wildman–Crippen LogP) is 4.35. The summed E-state index contributed by atoms with van der Waals surface area (Å²) in [7, 11) is 0. The molecular formula is C21H18N4O. The lowest BCUT2D eigenvalue weighted by atomic mass is 10.1. The first-order valence-electron chi connectivity index (χ1n) is 8.40. The highest BCUT2D eigenvalue weighted by molar-refractivity contribution is 5.93. The SMILES string of the molecule is O=C(NCc1cnn(-c2ccccc2)c1)Nc1ccc2ccccc2c1. The summed E-state index contributed by atoms with van der Waals surface area (Å²) < 4.78 is 1.79. The average molecular weight is 342 g/mol. The van der Waals surface area contributed by atoms with Gasteiger partial charge in [0.2, 0.25) is 0 Å². The van der Waals surface area contributed by atoms with Crippen LogP contribution in [0.4, 0.5) is 10.5 Å². The molecule has 1 aromatic heterocycles. The normalized spacial score (nSPS) is 10.6. The molecule has 0 fully saturated rings. The van der Waals surface area contributed by atoms with Crippen molar-refractivity contribution in [3.63, 3.8) is 0 Å². The highest BCUT2D eigenvalue weighted by Crippen LogP contribution is 2.18. The first kappa shape index (κ1) is 15.9. The number of benzene rings is 3. The van der Waals surface area contributed by atoms with E-state index in [1.165, 1.54) is 0 Å². The van der Waals surface area contributed by atoms with E-state index in [1.807, 2.05) is 79.0 Å². The van der Waals surface area contributed by atoms with Crippen molar-refractivity contribution in [1.29, 1.82) is 0 Å². The maximum atomic E-state index is 12.1. The molecule has 0 aliphatic rings. The van der Waals surface area contributed by atoms with Gasteiger partial charge in [-0.2, -0.15) is 5.10 Å². The van der Waals surface area contributed by atoms with Gasteiger partial charge in [0.1, 0.15) is 0 Å². The molecule has 2 amide bonds. The summed E-state index contributed by atoms with van der Waals surface area (Å²) in [5.74, 6) is 0. The third kappa shape index (κ3) is 3.57. The summed E-state index contributed by atoms with van der Waals surface area (Å²) in [6.45, 7) is 0.409. The van der Waals surface area contributed by atoms with Crippen molar-refractivity contribution in [3.05, 3.63) is 90.8 Å². The molecule has 3 aromatic carbocycles. The van der Waals surface area contributed by atoms with Crippen LogP contribution in [-0.4, -0.2) is 15.8 Å². The van der Waals surface area contributed by atoms with Crippen LogP contribution in [0.2, 0.25) is 0 Å². The van der Waals surface area contributed by atoms with Gasteiger partial charge >= 0.3 is 6.03 Å². The Bertz CT molecular complexity index is 1040. The van der Waals surface area contributed by atoms with Gasteiger partial charge in [0.15, 0.2) is 0 Å². The van der Waals surface area contributed by atoms with Crippen molar-refractivity contribution in [2.75, 3.05) is 5.32 Å². The molecule has 2 N–H and O–H groups in total. The Morgan fingerprint density at radius 3 is 2.54 bits per heavy atom. The lowest BCUT2D eigenvalue weighted by Crippen LogP contribution is -2.28. The van der Waals surface area contributed by atoms with Crippen molar-refractivity contribution in [3.8, 4) is 5.69 Å². The van der Waals surface area contributed by atoms with Crippen LogP contribution < -0.4 is 10.6 Å². The first-order chi connectivity index (χ1) is 12.8. The fraction of sp³-hybridized carbons (Fsp3) is 0.0476. The van der Waals surface area contributed by atoms with Crippen LogP contribution in [0.15, 0.2) is 85.2 Å². The minimum absolute atomic E-state index is 0.243. The molecule has 0 saturated heterocycles. The maximum absolute atomic E-state index is 12.1. The quantitative estimate of drug-likeness (QED) is 0.579. The van der Waals surface area contributed by atoms with Gasteiger partial charge in [0, 0.05) is 24.0 Å². The zero-order valence-corrected chi connectivity index (χ0v) is 14.1. The Morgan fingerprint density at radius 2 is 1.69 bits per heavy atom. The Labute approximate surface area is 151 Å². The lowest BCUT2D eigenvalue weighted by Gasteiger charge is -2.08. The number of fused-ring (bicyclic) bond motifs is 1. The fourth-order valence-corrected chi connectivity index (χ4v) is 2.80. The number of para-hydroxylation sites is 1. The number of hydrogen-bond donors (Lipinski definition) is 2. The number of rotatable bonds is 4. The number of amides is 2. The molecule has 0 radical (unpaired) electrons. The van der Waals surface area contributed by atoms with E-state index in [2.05, 4.69) is 15.7 Å². The van der Waals surface area contributed by atoms with Gasteiger partial charge in [-0.1, -0.05) is 48.5 Å². The van der Waals surface area contributed by atoms with Crippen LogP contribution in [0.25, 0.3) is 16.5 Å². The second kappa shape index (κ2) is 7.11. The molecule has 4 aromatic rings. The minimum atomic E-state index is -0.243. The van der Waals surface area contributed by atoms with Gasteiger partial charge in [0.25, 0.3) is 0 Å². The van der Waals surface area contributed by atoms with Gasteiger partial charge in [-0.3, -0.25) is 0 Å². The second-order valence-corrected chi connectivity index (χ2v) is 6.00. The molecule has 0 aliphatic carbocycles. The van der Waals surface area contributed by atoms with Crippen molar-refractivity contribution in [1.82, 2.24) is 15.1 Å². The van der Waals surface area contributed by atoms with E-state index >= 15 is 0 Å². The van der Waals surface area contributed by atoms with Gasteiger partial charge < -0.3 is 10.6 Å². The monoisotopic (exact) mass is 342 g/mol. The number of hydrogen-bond acceptors (Lipinski definition) is 2. The smallest absolute Gasteiger partial charge is 0.319 e. The lowest BCUT2D eigenvalue weighted by molar-refractivity contribution is 0.251. The molecule has 0 unspecified atom stereocenters. The second-order valence-electron chi connectivity index (χ2n) is 6.00. The van der Waals surface area contributed by atoms with Crippen LogP contribution in [0.3, 0.4) is 0 Å². The Morgan fingerprint density at radius 1 is 0.923 bits per heavy atom. The molecule has 0 atom stereocenters. The van der Waals surface area contributed by atoms with Gasteiger partial charge in [-0.05, 0) is 35.0 Å². The predicted molar refractivity (Wildman–Crippen MR) is 103 cm³/mol. The van der Waals surface area contributed by atoms with E-state index in [-0.39, 0.29) is 6.03 Å². The summed E-state index contributed by atoms with van der Waals surface area (Å²) in [5.41, 5.74) is 2.68. The number of nitrogens with zero attached hydrogens (tertiary/aromatic N) is 2. The number of carbonyl (C=O) groups is 1. The van der Waals surface area contributed by atoms with Crippen LogP contribution in [0, 0.1) is 0 Å². The number of urea groups is 1. The van der Waals surface area contributed by atoms with E-state index in [0.29, 0.717) is 6.54 Å². The summed E-state index contributed by atoms with van der Waals surface area (Å²) in [6.07, 6.45) is 3.66. The third-order valence-electron chi connectivity index (χ3n) is 4.12. The molecule has 26 heavy (non-hydrogen) atoms. The molecule has 1 heterocycles. The van der Waals surface area contributed by atoms with Crippen LogP contribution in [-0.2, 0) is 6.54 Å². The molecule has 0 aliphatic heterocycles. The molecule has 4 rings (SSSR count). The van der Waals surface area contributed by atoms with E-state index < -0.39 is 0 Å². The van der Waals surface area contributed by atoms with Gasteiger partial charge in [0.05, 0.1) is 11.9 Å². The van der Waals surface area contributed by atoms with E-state index in [1.54, 1.807) is 10.9 Å². The standard InChI is InChI=1S/C21H18N4O/c26-21(24-19-11-10-17-6-4-5-7-18(17)12-19)22-13-16-14-23-25(15-16)20-8-2-1-3-9-20/h1-12,14-15H,13H2,(H2,22,24,26).